The van der Waals surface area contributed by atoms with Crippen LogP contribution in [0.15, 0.2) is 39.8 Å². The van der Waals surface area contributed by atoms with Crippen LogP contribution in [0.5, 0.6) is 5.75 Å². The number of furan rings is 1. The lowest BCUT2D eigenvalue weighted by molar-refractivity contribution is 0.408. The maximum atomic E-state index is 13.7. The summed E-state index contributed by atoms with van der Waals surface area (Å²) in [5.41, 5.74) is -0.207. The van der Waals surface area contributed by atoms with Crippen LogP contribution < -0.4 is 14.8 Å². The van der Waals surface area contributed by atoms with Crippen molar-refractivity contribution in [2.45, 2.75) is 11.6 Å². The fourth-order valence-electron chi connectivity index (χ4n) is 1.68. The molecule has 21 heavy (non-hydrogen) atoms. The number of methoxy groups -OCH3 is 1. The van der Waals surface area contributed by atoms with Gasteiger partial charge in [0.1, 0.15) is 17.3 Å². The van der Waals surface area contributed by atoms with E-state index in [-0.39, 0.29) is 10.8 Å². The van der Waals surface area contributed by atoms with E-state index >= 15 is 0 Å². The van der Waals surface area contributed by atoms with Crippen molar-refractivity contribution in [3.8, 4) is 5.75 Å². The maximum Gasteiger partial charge on any atom is 0.295 e. The molecule has 1 heterocycles. The van der Waals surface area contributed by atoms with Gasteiger partial charge in [0.2, 0.25) is 5.09 Å². The molecule has 1 aromatic carbocycles. The van der Waals surface area contributed by atoms with Crippen molar-refractivity contribution in [1.29, 1.82) is 0 Å². The molecule has 0 saturated carbocycles. The molecule has 2 rings (SSSR count). The van der Waals surface area contributed by atoms with Crippen LogP contribution in [-0.4, -0.2) is 22.6 Å². The number of hydrogen-bond acceptors (Lipinski definition) is 5. The molecular weight excluding hydrogens is 299 g/mol. The van der Waals surface area contributed by atoms with Crippen LogP contribution in [0, 0.1) is 5.82 Å². The number of ether oxygens (including phenoxy) is 1. The Hall–Kier alpha value is -2.06. The lowest BCUT2D eigenvalue weighted by atomic mass is 10.3. The first kappa shape index (κ1) is 15.3. The molecule has 0 bridgehead atoms. The van der Waals surface area contributed by atoms with Crippen LogP contribution in [0.1, 0.15) is 5.76 Å². The summed E-state index contributed by atoms with van der Waals surface area (Å²) in [6.07, 6.45) is 0. The van der Waals surface area contributed by atoms with E-state index in [0.29, 0.717) is 18.1 Å². The minimum atomic E-state index is -4.00. The monoisotopic (exact) mass is 314 g/mol. The van der Waals surface area contributed by atoms with E-state index in [9.17, 15) is 12.8 Å². The Bertz CT molecular complexity index is 728. The fraction of sp³-hybridized carbons (Fsp3) is 0.231. The Morgan fingerprint density at radius 3 is 2.71 bits per heavy atom. The summed E-state index contributed by atoms with van der Waals surface area (Å²) in [5.74, 6) is 0.0924. The van der Waals surface area contributed by atoms with Gasteiger partial charge in [-0.3, -0.25) is 4.72 Å². The molecule has 0 aliphatic heterocycles. The van der Waals surface area contributed by atoms with Gasteiger partial charge in [-0.1, -0.05) is 0 Å². The molecule has 0 radical (unpaired) electrons. The summed E-state index contributed by atoms with van der Waals surface area (Å²) >= 11 is 0. The van der Waals surface area contributed by atoms with Crippen molar-refractivity contribution < 1.29 is 22.0 Å². The highest BCUT2D eigenvalue weighted by Crippen LogP contribution is 2.24. The number of hydrogen-bond donors (Lipinski definition) is 2. The van der Waals surface area contributed by atoms with Crippen molar-refractivity contribution in [1.82, 2.24) is 5.32 Å². The van der Waals surface area contributed by atoms with Gasteiger partial charge in [0, 0.05) is 6.07 Å². The first-order valence-electron chi connectivity index (χ1n) is 6.06. The van der Waals surface area contributed by atoms with Gasteiger partial charge in [-0.2, -0.15) is 8.42 Å². The van der Waals surface area contributed by atoms with Gasteiger partial charge in [0.15, 0.2) is 0 Å². The van der Waals surface area contributed by atoms with Gasteiger partial charge in [-0.15, -0.1) is 0 Å². The molecular formula is C13H15FN2O4S. The first-order chi connectivity index (χ1) is 9.96. The normalized spacial score (nSPS) is 11.4. The average molecular weight is 314 g/mol. The molecule has 0 fully saturated rings. The van der Waals surface area contributed by atoms with Gasteiger partial charge >= 0.3 is 0 Å². The second-order valence-electron chi connectivity index (χ2n) is 4.20. The third kappa shape index (κ3) is 3.53. The Kier molecular flexibility index (Phi) is 4.49. The molecule has 1 aromatic heterocycles. The van der Waals surface area contributed by atoms with Crippen LogP contribution in [-0.2, 0) is 16.6 Å². The maximum absolute atomic E-state index is 13.7. The molecule has 0 aliphatic rings. The summed E-state index contributed by atoms with van der Waals surface area (Å²) in [6, 6.07) is 6.61. The van der Waals surface area contributed by atoms with Gasteiger partial charge < -0.3 is 14.5 Å². The number of halogens is 1. The Morgan fingerprint density at radius 2 is 2.05 bits per heavy atom. The molecule has 2 N–H and O–H groups in total. The van der Waals surface area contributed by atoms with Crippen LogP contribution in [0.3, 0.4) is 0 Å². The fourth-order valence-corrected chi connectivity index (χ4v) is 2.69. The molecule has 2 aromatic rings. The van der Waals surface area contributed by atoms with Crippen LogP contribution >= 0.6 is 0 Å². The zero-order chi connectivity index (χ0) is 15.5. The van der Waals surface area contributed by atoms with E-state index in [0.717, 1.165) is 6.07 Å². The third-order valence-electron chi connectivity index (χ3n) is 2.67. The van der Waals surface area contributed by atoms with Gasteiger partial charge in [0.25, 0.3) is 10.0 Å². The second kappa shape index (κ2) is 6.15. The van der Waals surface area contributed by atoms with Crippen LogP contribution in [0.4, 0.5) is 10.1 Å². The zero-order valence-corrected chi connectivity index (χ0v) is 12.3. The molecule has 0 unspecified atom stereocenters. The van der Waals surface area contributed by atoms with E-state index in [1.165, 1.54) is 31.4 Å². The molecule has 0 aliphatic carbocycles. The number of benzene rings is 1. The molecule has 0 spiro atoms. The van der Waals surface area contributed by atoms with Crippen molar-refractivity contribution >= 4 is 15.7 Å². The number of nitrogens with one attached hydrogen (secondary N) is 2. The van der Waals surface area contributed by atoms with Crippen LogP contribution in [0.2, 0.25) is 0 Å². The lowest BCUT2D eigenvalue weighted by Gasteiger charge is -2.08. The smallest absolute Gasteiger partial charge is 0.295 e. The van der Waals surface area contributed by atoms with E-state index < -0.39 is 15.8 Å². The quantitative estimate of drug-likeness (QED) is 0.852. The van der Waals surface area contributed by atoms with Gasteiger partial charge in [-0.05, 0) is 31.3 Å². The SMILES string of the molecule is CNCc1ccc(S(=O)(=O)Nc2cc(OC)ccc2F)o1. The minimum Gasteiger partial charge on any atom is -0.497 e. The minimum absolute atomic E-state index is 0.207. The first-order valence-corrected chi connectivity index (χ1v) is 7.54. The van der Waals surface area contributed by atoms with Crippen molar-refractivity contribution in [3.05, 3.63) is 41.9 Å². The Balaban J connectivity index is 2.28. The van der Waals surface area contributed by atoms with Gasteiger partial charge in [0.05, 0.1) is 19.3 Å². The predicted molar refractivity (Wildman–Crippen MR) is 75.2 cm³/mol. The Morgan fingerprint density at radius 1 is 1.29 bits per heavy atom. The van der Waals surface area contributed by atoms with Crippen molar-refractivity contribution in [2.75, 3.05) is 18.9 Å². The average Bonchev–Trinajstić information content (AvgIpc) is 2.91. The van der Waals surface area contributed by atoms with Crippen molar-refractivity contribution in [3.63, 3.8) is 0 Å². The Labute approximate surface area is 122 Å². The molecule has 6 nitrogen and oxygen atoms in total. The van der Waals surface area contributed by atoms with E-state index in [2.05, 4.69) is 10.0 Å². The molecule has 114 valence electrons. The largest absolute Gasteiger partial charge is 0.497 e. The standard InChI is InChI=1S/C13H15FN2O4S/c1-15-8-10-4-6-13(20-10)21(17,18)16-12-7-9(19-2)3-5-11(12)14/h3-7,15-16H,8H2,1-2H3. The highest BCUT2D eigenvalue weighted by atomic mass is 32.2. The summed E-state index contributed by atoms with van der Waals surface area (Å²) in [6.45, 7) is 0.392. The number of anilines is 1. The molecule has 0 saturated heterocycles. The highest BCUT2D eigenvalue weighted by molar-refractivity contribution is 7.92. The highest BCUT2D eigenvalue weighted by Gasteiger charge is 2.20. The topological polar surface area (TPSA) is 80.6 Å². The predicted octanol–water partition coefficient (Wildman–Crippen LogP) is 1.95. The zero-order valence-electron chi connectivity index (χ0n) is 11.5. The number of sulfonamides is 1. The van der Waals surface area contributed by atoms with E-state index in [4.69, 9.17) is 9.15 Å². The summed E-state index contributed by atoms with van der Waals surface area (Å²) in [7, 11) is -0.885. The summed E-state index contributed by atoms with van der Waals surface area (Å²) in [4.78, 5) is 0. The summed E-state index contributed by atoms with van der Waals surface area (Å²) < 4.78 is 50.2. The third-order valence-corrected chi connectivity index (χ3v) is 3.91. The number of rotatable bonds is 6. The second-order valence-corrected chi connectivity index (χ2v) is 5.82. The van der Waals surface area contributed by atoms with Gasteiger partial charge in [-0.25, -0.2) is 4.39 Å². The summed E-state index contributed by atoms with van der Waals surface area (Å²) in [5, 5.41) is 2.55. The molecule has 8 heteroatoms. The lowest BCUT2D eigenvalue weighted by Crippen LogP contribution is -2.13. The van der Waals surface area contributed by atoms with E-state index in [1.807, 2.05) is 0 Å². The van der Waals surface area contributed by atoms with Crippen molar-refractivity contribution in [2.24, 2.45) is 0 Å². The van der Waals surface area contributed by atoms with Crippen LogP contribution in [0.25, 0.3) is 0 Å². The molecule has 0 atom stereocenters. The van der Waals surface area contributed by atoms with E-state index in [1.54, 1.807) is 7.05 Å². The molecule has 0 amide bonds.